The van der Waals surface area contributed by atoms with Crippen molar-refractivity contribution in [2.75, 3.05) is 13.8 Å². The number of ether oxygens (including phenoxy) is 2. The molecule has 0 unspecified atom stereocenters. The molecule has 0 spiro atoms. The monoisotopic (exact) mass is 346 g/mol. The SMILES string of the molecule is CNC(=O)c1ccc(CNC(=O)c2cc(Cl)c3c(c2)OCO3)cc1. The first kappa shape index (κ1) is 16.1. The fourth-order valence-electron chi connectivity index (χ4n) is 2.30. The van der Waals surface area contributed by atoms with Gasteiger partial charge in [0.2, 0.25) is 6.79 Å². The Balaban J connectivity index is 1.65. The fourth-order valence-corrected chi connectivity index (χ4v) is 2.57. The lowest BCUT2D eigenvalue weighted by Crippen LogP contribution is -2.23. The number of rotatable bonds is 4. The standard InChI is InChI=1S/C17H15ClN2O4/c1-19-16(21)11-4-2-10(3-5-11)8-20-17(22)12-6-13(18)15-14(7-12)23-9-24-15/h2-7H,8-9H2,1H3,(H,19,21)(H,20,22). The Kier molecular flexibility index (Phi) is 4.57. The third-order valence-corrected chi connectivity index (χ3v) is 3.87. The van der Waals surface area contributed by atoms with E-state index >= 15 is 0 Å². The zero-order chi connectivity index (χ0) is 17.1. The summed E-state index contributed by atoms with van der Waals surface area (Å²) in [6.45, 7) is 0.427. The van der Waals surface area contributed by atoms with E-state index in [4.69, 9.17) is 21.1 Å². The van der Waals surface area contributed by atoms with Gasteiger partial charge in [0.25, 0.3) is 11.8 Å². The third-order valence-electron chi connectivity index (χ3n) is 3.59. The van der Waals surface area contributed by atoms with Crippen LogP contribution in [0.3, 0.4) is 0 Å². The first-order chi connectivity index (χ1) is 11.6. The predicted molar refractivity (Wildman–Crippen MR) is 88.6 cm³/mol. The van der Waals surface area contributed by atoms with Crippen LogP contribution in [0.15, 0.2) is 36.4 Å². The molecule has 1 aliphatic rings. The van der Waals surface area contributed by atoms with Gasteiger partial charge in [-0.15, -0.1) is 0 Å². The highest BCUT2D eigenvalue weighted by molar-refractivity contribution is 6.32. The van der Waals surface area contributed by atoms with E-state index in [0.717, 1.165) is 5.56 Å². The number of carbonyl (C=O) groups is 2. The molecule has 0 saturated carbocycles. The first-order valence-corrected chi connectivity index (χ1v) is 7.64. The maximum Gasteiger partial charge on any atom is 0.251 e. The molecule has 7 heteroatoms. The molecule has 0 fully saturated rings. The van der Waals surface area contributed by atoms with Crippen LogP contribution in [0, 0.1) is 0 Å². The van der Waals surface area contributed by atoms with Crippen LogP contribution in [0.2, 0.25) is 5.02 Å². The molecule has 0 atom stereocenters. The van der Waals surface area contributed by atoms with Crippen molar-refractivity contribution in [1.29, 1.82) is 0 Å². The number of nitrogens with one attached hydrogen (secondary N) is 2. The minimum Gasteiger partial charge on any atom is -0.454 e. The Hall–Kier alpha value is -2.73. The third kappa shape index (κ3) is 3.28. The average Bonchev–Trinajstić information content (AvgIpc) is 3.08. The molecule has 2 N–H and O–H groups in total. The number of carbonyl (C=O) groups excluding carboxylic acids is 2. The molecule has 2 aromatic rings. The average molecular weight is 347 g/mol. The van der Waals surface area contributed by atoms with E-state index in [0.29, 0.717) is 34.2 Å². The number of hydrogen-bond donors (Lipinski definition) is 2. The van der Waals surface area contributed by atoms with Gasteiger partial charge in [0.05, 0.1) is 5.02 Å². The van der Waals surface area contributed by atoms with E-state index in [2.05, 4.69) is 10.6 Å². The van der Waals surface area contributed by atoms with Gasteiger partial charge in [-0.3, -0.25) is 9.59 Å². The highest BCUT2D eigenvalue weighted by Crippen LogP contribution is 2.39. The molecule has 0 saturated heterocycles. The molecule has 1 heterocycles. The van der Waals surface area contributed by atoms with Crippen molar-refractivity contribution in [3.05, 3.63) is 58.1 Å². The molecular formula is C17H15ClN2O4. The van der Waals surface area contributed by atoms with Crippen LogP contribution in [-0.4, -0.2) is 25.7 Å². The Morgan fingerprint density at radius 3 is 2.54 bits per heavy atom. The highest BCUT2D eigenvalue weighted by Gasteiger charge is 2.20. The fraction of sp³-hybridized carbons (Fsp3) is 0.176. The van der Waals surface area contributed by atoms with E-state index < -0.39 is 0 Å². The van der Waals surface area contributed by atoms with E-state index in [1.165, 1.54) is 0 Å². The van der Waals surface area contributed by atoms with Crippen molar-refractivity contribution < 1.29 is 19.1 Å². The molecule has 6 nitrogen and oxygen atoms in total. The summed E-state index contributed by atoms with van der Waals surface area (Å²) in [6.07, 6.45) is 0. The normalized spacial score (nSPS) is 11.9. The van der Waals surface area contributed by atoms with E-state index in [1.807, 2.05) is 0 Å². The molecule has 0 radical (unpaired) electrons. The van der Waals surface area contributed by atoms with E-state index in [9.17, 15) is 9.59 Å². The summed E-state index contributed by atoms with van der Waals surface area (Å²) in [5.41, 5.74) is 1.84. The van der Waals surface area contributed by atoms with Crippen LogP contribution in [0.25, 0.3) is 0 Å². The molecule has 1 aliphatic heterocycles. The lowest BCUT2D eigenvalue weighted by molar-refractivity contribution is 0.0945. The number of halogens is 1. The Morgan fingerprint density at radius 1 is 1.08 bits per heavy atom. The lowest BCUT2D eigenvalue weighted by Gasteiger charge is -2.08. The number of benzene rings is 2. The van der Waals surface area contributed by atoms with Gasteiger partial charge in [0.15, 0.2) is 11.5 Å². The topological polar surface area (TPSA) is 76.7 Å². The maximum atomic E-state index is 12.3. The van der Waals surface area contributed by atoms with Gasteiger partial charge in [-0.25, -0.2) is 0 Å². The van der Waals surface area contributed by atoms with Crippen LogP contribution >= 0.6 is 11.6 Å². The van der Waals surface area contributed by atoms with Crippen LogP contribution in [0.4, 0.5) is 0 Å². The minimum absolute atomic E-state index is 0.0951. The summed E-state index contributed by atoms with van der Waals surface area (Å²) in [5.74, 6) is 0.492. The van der Waals surface area contributed by atoms with Gasteiger partial charge < -0.3 is 20.1 Å². The zero-order valence-corrected chi connectivity index (χ0v) is 13.6. The summed E-state index contributed by atoms with van der Waals surface area (Å²) in [5, 5.41) is 5.69. The van der Waals surface area contributed by atoms with Gasteiger partial charge in [0.1, 0.15) is 0 Å². The molecule has 2 aromatic carbocycles. The summed E-state index contributed by atoms with van der Waals surface area (Å²) in [4.78, 5) is 23.7. The predicted octanol–water partition coefficient (Wildman–Crippen LogP) is 2.36. The van der Waals surface area contributed by atoms with Crippen molar-refractivity contribution >= 4 is 23.4 Å². The number of amides is 2. The first-order valence-electron chi connectivity index (χ1n) is 7.27. The zero-order valence-electron chi connectivity index (χ0n) is 12.9. The van der Waals surface area contributed by atoms with Gasteiger partial charge >= 0.3 is 0 Å². The van der Waals surface area contributed by atoms with Crippen LogP contribution in [0.1, 0.15) is 26.3 Å². The number of fused-ring (bicyclic) bond motifs is 1. The summed E-state index contributed by atoms with van der Waals surface area (Å²) in [6, 6.07) is 10.1. The van der Waals surface area contributed by atoms with Gasteiger partial charge in [-0.1, -0.05) is 23.7 Å². The molecule has 124 valence electrons. The molecular weight excluding hydrogens is 332 g/mol. The maximum absolute atomic E-state index is 12.3. The van der Waals surface area contributed by atoms with Crippen molar-refractivity contribution in [2.24, 2.45) is 0 Å². The molecule has 2 amide bonds. The van der Waals surface area contributed by atoms with Gasteiger partial charge in [0, 0.05) is 24.7 Å². The minimum atomic E-state index is -0.273. The summed E-state index contributed by atoms with van der Waals surface area (Å²) < 4.78 is 10.5. The molecule has 3 rings (SSSR count). The van der Waals surface area contributed by atoms with Crippen molar-refractivity contribution in [3.63, 3.8) is 0 Å². The van der Waals surface area contributed by atoms with Crippen molar-refractivity contribution in [1.82, 2.24) is 10.6 Å². The lowest BCUT2D eigenvalue weighted by atomic mass is 10.1. The Labute approximate surface area is 143 Å². The van der Waals surface area contributed by atoms with Gasteiger partial charge in [-0.2, -0.15) is 0 Å². The van der Waals surface area contributed by atoms with E-state index in [1.54, 1.807) is 43.4 Å². The molecule has 0 aliphatic carbocycles. The van der Waals surface area contributed by atoms with Crippen LogP contribution in [0.5, 0.6) is 11.5 Å². The quantitative estimate of drug-likeness (QED) is 0.891. The molecule has 24 heavy (non-hydrogen) atoms. The smallest absolute Gasteiger partial charge is 0.251 e. The summed E-state index contributed by atoms with van der Waals surface area (Å²) >= 11 is 6.07. The largest absolute Gasteiger partial charge is 0.454 e. The summed E-state index contributed by atoms with van der Waals surface area (Å²) in [7, 11) is 1.58. The van der Waals surface area contributed by atoms with Crippen molar-refractivity contribution in [2.45, 2.75) is 6.54 Å². The Bertz CT molecular complexity index is 790. The molecule has 0 aromatic heterocycles. The second-order valence-corrected chi connectivity index (χ2v) is 5.56. The van der Waals surface area contributed by atoms with Crippen LogP contribution < -0.4 is 20.1 Å². The second kappa shape index (κ2) is 6.80. The van der Waals surface area contributed by atoms with Crippen LogP contribution in [-0.2, 0) is 6.54 Å². The Morgan fingerprint density at radius 2 is 1.83 bits per heavy atom. The van der Waals surface area contributed by atoms with E-state index in [-0.39, 0.29) is 18.6 Å². The molecule has 0 bridgehead atoms. The highest BCUT2D eigenvalue weighted by atomic mass is 35.5. The van der Waals surface area contributed by atoms with Crippen molar-refractivity contribution in [3.8, 4) is 11.5 Å². The second-order valence-electron chi connectivity index (χ2n) is 5.15. The number of hydrogen-bond acceptors (Lipinski definition) is 4. The van der Waals surface area contributed by atoms with Gasteiger partial charge in [-0.05, 0) is 29.8 Å².